The van der Waals surface area contributed by atoms with Crippen LogP contribution in [-0.2, 0) is 14.1 Å². The van der Waals surface area contributed by atoms with Crippen LogP contribution in [0.2, 0.25) is 0 Å². The Labute approximate surface area is 227 Å². The molecule has 2 aromatic heterocycles. The number of imidazole rings is 2. The quantitative estimate of drug-likeness (QED) is 0.267. The van der Waals surface area contributed by atoms with Gasteiger partial charge in [0.25, 0.3) is 0 Å². The van der Waals surface area contributed by atoms with Crippen LogP contribution in [-0.4, -0.2) is 29.3 Å². The molecular formula is C33H30N4O2. The lowest BCUT2D eigenvalue weighted by Crippen LogP contribution is -2.04. The van der Waals surface area contributed by atoms with Gasteiger partial charge >= 0.3 is 0 Å². The molecule has 0 atom stereocenters. The van der Waals surface area contributed by atoms with Crippen LogP contribution in [0.3, 0.4) is 0 Å². The van der Waals surface area contributed by atoms with Crippen LogP contribution in [0, 0.1) is 13.8 Å². The first-order valence-electron chi connectivity index (χ1n) is 13.0. The number of nitrogens with zero attached hydrogens (tertiary/aromatic N) is 4. The molecule has 0 bridgehead atoms. The number of rotatable bonds is 5. The second kappa shape index (κ2) is 9.48. The van der Waals surface area contributed by atoms with Gasteiger partial charge in [0.05, 0.1) is 22.1 Å². The molecule has 0 amide bonds. The number of benzene rings is 4. The van der Waals surface area contributed by atoms with Crippen molar-refractivity contribution >= 4 is 27.6 Å². The first-order valence-corrected chi connectivity index (χ1v) is 13.0. The summed E-state index contributed by atoms with van der Waals surface area (Å²) in [6.07, 6.45) is 2.13. The molecule has 6 aromatic rings. The average Bonchev–Trinajstić information content (AvgIpc) is 3.40. The fourth-order valence-corrected chi connectivity index (χ4v) is 5.46. The maximum absolute atomic E-state index is 11.4. The Balaban J connectivity index is 1.76. The molecule has 6 heteroatoms. The highest BCUT2D eigenvalue weighted by atomic mass is 16.3. The molecule has 6 nitrogen and oxygen atoms in total. The summed E-state index contributed by atoms with van der Waals surface area (Å²) >= 11 is 0. The molecule has 194 valence electrons. The van der Waals surface area contributed by atoms with Gasteiger partial charge in [-0.25, -0.2) is 9.97 Å². The second-order valence-corrected chi connectivity index (χ2v) is 9.96. The topological polar surface area (TPSA) is 76.1 Å². The van der Waals surface area contributed by atoms with Crippen LogP contribution >= 0.6 is 0 Å². The zero-order valence-corrected chi connectivity index (χ0v) is 22.4. The van der Waals surface area contributed by atoms with Crippen LogP contribution in [0.15, 0.2) is 91.0 Å². The Bertz CT molecular complexity index is 1730. The minimum absolute atomic E-state index is 0.117. The van der Waals surface area contributed by atoms with E-state index in [1.807, 2.05) is 85.6 Å². The number of phenolic OH excluding ortho intramolecular Hbond substituents is 2. The molecule has 0 spiro atoms. The third-order valence-corrected chi connectivity index (χ3v) is 7.71. The van der Waals surface area contributed by atoms with Crippen molar-refractivity contribution in [3.63, 3.8) is 0 Å². The molecule has 0 aliphatic heterocycles. The molecule has 6 rings (SSSR count). The number of fused-ring (bicyclic) bond motifs is 2. The number of aromatic hydroxyl groups is 2. The van der Waals surface area contributed by atoms with Crippen LogP contribution in [0.5, 0.6) is 11.5 Å². The van der Waals surface area contributed by atoms with E-state index in [0.717, 1.165) is 39.4 Å². The number of hydrogen-bond donors (Lipinski definition) is 2. The third kappa shape index (κ3) is 4.05. The number of phenols is 2. The van der Waals surface area contributed by atoms with Crippen molar-refractivity contribution in [3.8, 4) is 11.5 Å². The lowest BCUT2D eigenvalue weighted by atomic mass is 9.84. The fourth-order valence-electron chi connectivity index (χ4n) is 5.46. The minimum Gasteiger partial charge on any atom is -0.508 e. The van der Waals surface area contributed by atoms with Crippen molar-refractivity contribution in [1.82, 2.24) is 19.1 Å². The van der Waals surface area contributed by atoms with Crippen LogP contribution in [0.25, 0.3) is 27.6 Å². The van der Waals surface area contributed by atoms with Crippen molar-refractivity contribution in [2.24, 2.45) is 14.1 Å². The molecule has 0 fully saturated rings. The first-order chi connectivity index (χ1) is 18.8. The van der Waals surface area contributed by atoms with E-state index in [0.29, 0.717) is 22.2 Å². The van der Waals surface area contributed by atoms with Gasteiger partial charge < -0.3 is 19.3 Å². The van der Waals surface area contributed by atoms with Crippen LogP contribution in [0.4, 0.5) is 0 Å². The van der Waals surface area contributed by atoms with E-state index in [2.05, 4.69) is 30.3 Å². The second-order valence-electron chi connectivity index (χ2n) is 9.96. The largest absolute Gasteiger partial charge is 0.508 e. The van der Waals surface area contributed by atoms with Crippen molar-refractivity contribution < 1.29 is 10.2 Å². The summed E-state index contributed by atoms with van der Waals surface area (Å²) in [4.78, 5) is 9.74. The summed E-state index contributed by atoms with van der Waals surface area (Å²) in [5, 5.41) is 22.9. The zero-order valence-electron chi connectivity index (χ0n) is 22.4. The van der Waals surface area contributed by atoms with Crippen LogP contribution in [0.1, 0.15) is 39.8 Å². The van der Waals surface area contributed by atoms with Gasteiger partial charge in [0.15, 0.2) is 0 Å². The molecule has 0 saturated heterocycles. The van der Waals surface area contributed by atoms with E-state index < -0.39 is 5.92 Å². The third-order valence-electron chi connectivity index (χ3n) is 7.71. The summed E-state index contributed by atoms with van der Waals surface area (Å²) < 4.78 is 4.03. The smallest absolute Gasteiger partial charge is 0.122 e. The Morgan fingerprint density at radius 2 is 1.05 bits per heavy atom. The zero-order chi connectivity index (χ0) is 27.3. The number of allylic oxidation sites excluding steroid dienone is 1. The van der Waals surface area contributed by atoms with Gasteiger partial charge in [-0.1, -0.05) is 66.7 Å². The summed E-state index contributed by atoms with van der Waals surface area (Å²) in [5.74, 6) is 1.35. The first kappa shape index (κ1) is 24.5. The van der Waals surface area contributed by atoms with Gasteiger partial charge in [-0.3, -0.25) is 0 Å². The predicted octanol–water partition coefficient (Wildman–Crippen LogP) is 6.75. The van der Waals surface area contributed by atoms with Crippen LogP contribution < -0.4 is 0 Å². The van der Waals surface area contributed by atoms with E-state index in [4.69, 9.17) is 9.97 Å². The van der Waals surface area contributed by atoms with Gasteiger partial charge in [-0.05, 0) is 54.8 Å². The maximum Gasteiger partial charge on any atom is 0.122 e. The normalized spacial score (nSPS) is 11.5. The highest BCUT2D eigenvalue weighted by Crippen LogP contribution is 2.45. The summed E-state index contributed by atoms with van der Waals surface area (Å²) in [7, 11) is 3.94. The standard InChI is InChI=1S/C33H30N4O2/c1-20-34-32-26(36(20)3)15-17-28(38)30(32)25(31-29(39)18-16-27-33(31)35-21(2)37(27)4)19-24(22-11-7-5-8-12-22)23-13-9-6-10-14-23/h5-19,25,38-39H,1-4H3. The van der Waals surface area contributed by atoms with E-state index in [1.54, 1.807) is 12.1 Å². The number of hydrogen-bond acceptors (Lipinski definition) is 4. The molecule has 2 N–H and O–H groups in total. The van der Waals surface area contributed by atoms with Gasteiger partial charge in [0.2, 0.25) is 0 Å². The molecule has 0 unspecified atom stereocenters. The minimum atomic E-state index is -0.559. The van der Waals surface area contributed by atoms with E-state index >= 15 is 0 Å². The average molecular weight is 515 g/mol. The summed E-state index contributed by atoms with van der Waals surface area (Å²) in [6.45, 7) is 3.90. The SMILES string of the molecule is Cc1nc2c(C(C=C(c3ccccc3)c3ccccc3)c3c(O)ccc4c3nc(C)n4C)c(O)ccc2n1C. The maximum atomic E-state index is 11.4. The van der Waals surface area contributed by atoms with Gasteiger partial charge in [-0.15, -0.1) is 0 Å². The van der Waals surface area contributed by atoms with Crippen molar-refractivity contribution in [1.29, 1.82) is 0 Å². The molecule has 0 radical (unpaired) electrons. The molecular weight excluding hydrogens is 484 g/mol. The highest BCUT2D eigenvalue weighted by molar-refractivity contribution is 5.90. The Kier molecular flexibility index (Phi) is 5.95. The molecule has 0 aliphatic rings. The van der Waals surface area contributed by atoms with E-state index in [9.17, 15) is 10.2 Å². The molecule has 4 aromatic carbocycles. The predicted molar refractivity (Wildman–Crippen MR) is 156 cm³/mol. The van der Waals surface area contributed by atoms with Crippen molar-refractivity contribution in [2.75, 3.05) is 0 Å². The van der Waals surface area contributed by atoms with Gasteiger partial charge in [0, 0.05) is 31.1 Å². The van der Waals surface area contributed by atoms with E-state index in [-0.39, 0.29) is 11.5 Å². The van der Waals surface area contributed by atoms with Gasteiger partial charge in [-0.2, -0.15) is 0 Å². The number of aromatic nitrogens is 4. The Morgan fingerprint density at radius 3 is 1.46 bits per heavy atom. The molecule has 0 aliphatic carbocycles. The lowest BCUT2D eigenvalue weighted by Gasteiger charge is -2.21. The van der Waals surface area contributed by atoms with E-state index in [1.165, 1.54) is 0 Å². The fraction of sp³-hybridized carbons (Fsp3) is 0.152. The van der Waals surface area contributed by atoms with Crippen molar-refractivity contribution in [3.05, 3.63) is 125 Å². The summed E-state index contributed by atoms with van der Waals surface area (Å²) in [6, 6.07) is 27.6. The monoisotopic (exact) mass is 514 g/mol. The highest BCUT2D eigenvalue weighted by Gasteiger charge is 2.28. The lowest BCUT2D eigenvalue weighted by molar-refractivity contribution is 0.461. The van der Waals surface area contributed by atoms with Gasteiger partial charge in [0.1, 0.15) is 23.1 Å². The molecule has 2 heterocycles. The molecule has 39 heavy (non-hydrogen) atoms. The number of aryl methyl sites for hydroxylation is 4. The Hall–Kier alpha value is -4.84. The molecule has 0 saturated carbocycles. The van der Waals surface area contributed by atoms with Crippen molar-refractivity contribution in [2.45, 2.75) is 19.8 Å². The summed E-state index contributed by atoms with van der Waals surface area (Å²) in [5.41, 5.74) is 7.50. The Morgan fingerprint density at radius 1 is 0.641 bits per heavy atom.